The number of likely N-dealkylation sites (N-methyl/N-ethyl adjacent to an activating group) is 1. The van der Waals surface area contributed by atoms with Gasteiger partial charge in [0, 0.05) is 6.54 Å². The second kappa shape index (κ2) is 20.5. The molecule has 0 saturated carbocycles. The minimum atomic E-state index is 0.559. The normalized spacial score (nSPS) is 11.3. The molecular weight excluding hydrogens is 314 g/mol. The Balaban J connectivity index is 2.97. The van der Waals surface area contributed by atoms with Crippen molar-refractivity contribution in [3.8, 4) is 0 Å². The highest BCUT2D eigenvalue weighted by Crippen LogP contribution is 1.85. The average molecular weight is 349 g/mol. The monoisotopic (exact) mass is 349 g/mol. The Morgan fingerprint density at radius 2 is 0.917 bits per heavy atom. The van der Waals surface area contributed by atoms with Gasteiger partial charge in [0.05, 0.1) is 79.3 Å². The van der Waals surface area contributed by atoms with E-state index in [4.69, 9.17) is 28.4 Å². The summed E-state index contributed by atoms with van der Waals surface area (Å²) < 4.78 is 32.1. The fraction of sp³-hybridized carbons (Fsp3) is 0.882. The van der Waals surface area contributed by atoms with Gasteiger partial charge in [0.25, 0.3) is 0 Å². The van der Waals surface area contributed by atoms with Crippen LogP contribution in [0.5, 0.6) is 0 Å². The highest BCUT2D eigenvalue weighted by atomic mass is 16.6. The molecule has 0 aromatic carbocycles. The Morgan fingerprint density at radius 1 is 0.583 bits per heavy atom. The third kappa shape index (κ3) is 21.5. The van der Waals surface area contributed by atoms with Gasteiger partial charge in [0.15, 0.2) is 0 Å². The molecule has 0 bridgehead atoms. The summed E-state index contributed by atoms with van der Waals surface area (Å²) in [5, 5.41) is 0. The van der Waals surface area contributed by atoms with Crippen molar-refractivity contribution in [3.05, 3.63) is 12.7 Å². The lowest BCUT2D eigenvalue weighted by atomic mass is 10.6. The summed E-state index contributed by atoms with van der Waals surface area (Å²) in [5.74, 6) is 0. The van der Waals surface area contributed by atoms with Crippen LogP contribution in [0.15, 0.2) is 12.7 Å². The number of ether oxygens (including phenoxy) is 6. The maximum Gasteiger partial charge on any atom is 0.0704 e. The first-order valence-corrected chi connectivity index (χ1v) is 8.49. The van der Waals surface area contributed by atoms with Crippen LogP contribution in [0.1, 0.15) is 0 Å². The van der Waals surface area contributed by atoms with E-state index in [9.17, 15) is 0 Å². The maximum atomic E-state index is 5.41. The first-order chi connectivity index (χ1) is 11.8. The third-order valence-corrected chi connectivity index (χ3v) is 2.78. The van der Waals surface area contributed by atoms with Crippen molar-refractivity contribution in [1.82, 2.24) is 4.90 Å². The van der Waals surface area contributed by atoms with Crippen LogP contribution in [0.3, 0.4) is 0 Å². The van der Waals surface area contributed by atoms with Crippen molar-refractivity contribution in [2.45, 2.75) is 0 Å². The van der Waals surface area contributed by atoms with Gasteiger partial charge in [-0.1, -0.05) is 6.08 Å². The van der Waals surface area contributed by atoms with Gasteiger partial charge in [0.2, 0.25) is 0 Å². The van der Waals surface area contributed by atoms with Gasteiger partial charge in [-0.25, -0.2) is 0 Å². The zero-order valence-electron chi connectivity index (χ0n) is 15.4. The largest absolute Gasteiger partial charge is 0.378 e. The van der Waals surface area contributed by atoms with Crippen molar-refractivity contribution in [1.29, 1.82) is 0 Å². The molecule has 0 rings (SSSR count). The fourth-order valence-corrected chi connectivity index (χ4v) is 1.51. The molecule has 0 atom stereocenters. The summed E-state index contributed by atoms with van der Waals surface area (Å²) in [4.78, 5) is 2.09. The molecular formula is C17H35NO6. The van der Waals surface area contributed by atoms with E-state index in [2.05, 4.69) is 11.5 Å². The van der Waals surface area contributed by atoms with Crippen LogP contribution in [-0.4, -0.2) is 105 Å². The van der Waals surface area contributed by atoms with E-state index in [1.807, 2.05) is 14.1 Å². The lowest BCUT2D eigenvalue weighted by Crippen LogP contribution is -2.19. The van der Waals surface area contributed by atoms with E-state index in [-0.39, 0.29) is 0 Å². The van der Waals surface area contributed by atoms with Crippen LogP contribution in [0.4, 0.5) is 0 Å². The van der Waals surface area contributed by atoms with Crippen molar-refractivity contribution < 1.29 is 28.4 Å². The van der Waals surface area contributed by atoms with Crippen LogP contribution >= 0.6 is 0 Å². The predicted molar refractivity (Wildman–Crippen MR) is 93.7 cm³/mol. The molecule has 0 radical (unpaired) electrons. The zero-order valence-corrected chi connectivity index (χ0v) is 15.4. The summed E-state index contributed by atoms with van der Waals surface area (Å²) in [7, 11) is 4.04. The molecule has 24 heavy (non-hydrogen) atoms. The molecule has 7 heteroatoms. The molecule has 144 valence electrons. The van der Waals surface area contributed by atoms with E-state index in [0.717, 1.165) is 13.2 Å². The summed E-state index contributed by atoms with van der Waals surface area (Å²) in [6, 6.07) is 0. The number of hydrogen-bond acceptors (Lipinski definition) is 7. The topological polar surface area (TPSA) is 58.6 Å². The molecule has 0 heterocycles. The number of nitrogens with zero attached hydrogens (tertiary/aromatic N) is 1. The highest BCUT2D eigenvalue weighted by Gasteiger charge is 1.94. The summed E-state index contributed by atoms with van der Waals surface area (Å²) in [5.41, 5.74) is 0. The molecule has 0 amide bonds. The summed E-state index contributed by atoms with van der Waals surface area (Å²) >= 11 is 0. The van der Waals surface area contributed by atoms with E-state index in [1.165, 1.54) is 0 Å². The quantitative estimate of drug-likeness (QED) is 0.238. The van der Waals surface area contributed by atoms with Gasteiger partial charge in [-0.05, 0) is 14.1 Å². The first-order valence-electron chi connectivity index (χ1n) is 8.49. The molecule has 7 nitrogen and oxygen atoms in total. The molecule has 0 aliphatic carbocycles. The second-order valence-corrected chi connectivity index (χ2v) is 5.23. The first kappa shape index (κ1) is 23.5. The number of rotatable bonds is 20. The van der Waals surface area contributed by atoms with E-state index in [1.54, 1.807) is 6.08 Å². The Hall–Kier alpha value is -0.540. The number of hydrogen-bond donors (Lipinski definition) is 0. The lowest BCUT2D eigenvalue weighted by molar-refractivity contribution is -0.0161. The smallest absolute Gasteiger partial charge is 0.0704 e. The van der Waals surface area contributed by atoms with Crippen molar-refractivity contribution >= 4 is 0 Å². The van der Waals surface area contributed by atoms with Crippen LogP contribution in [0.2, 0.25) is 0 Å². The van der Waals surface area contributed by atoms with Gasteiger partial charge in [-0.15, -0.1) is 6.58 Å². The van der Waals surface area contributed by atoms with Gasteiger partial charge in [-0.2, -0.15) is 0 Å². The van der Waals surface area contributed by atoms with Crippen LogP contribution in [0, 0.1) is 0 Å². The van der Waals surface area contributed by atoms with E-state index >= 15 is 0 Å². The zero-order chi connectivity index (χ0) is 17.7. The molecule has 0 spiro atoms. The molecule has 0 unspecified atom stereocenters. The fourth-order valence-electron chi connectivity index (χ4n) is 1.51. The molecule has 0 aliphatic rings. The Kier molecular flexibility index (Phi) is 20.0. The molecule has 0 aliphatic heterocycles. The Labute approximate surface area is 146 Å². The standard InChI is InChI=1S/C17H35NO6/c1-4-6-19-8-10-21-12-14-23-16-17-24-15-13-22-11-9-20-7-5-18(2)3/h4H,1,5-17H2,2-3H3. The minimum absolute atomic E-state index is 0.559. The van der Waals surface area contributed by atoms with Crippen molar-refractivity contribution in [2.24, 2.45) is 0 Å². The predicted octanol–water partition coefficient (Wildman–Crippen LogP) is 0.834. The van der Waals surface area contributed by atoms with Crippen molar-refractivity contribution in [2.75, 3.05) is 99.9 Å². The SMILES string of the molecule is C=CCOCCOCCOCCOCCOCCOCCN(C)C. The molecule has 0 saturated heterocycles. The van der Waals surface area contributed by atoms with E-state index < -0.39 is 0 Å². The molecule has 0 fully saturated rings. The van der Waals surface area contributed by atoms with Gasteiger partial charge in [-0.3, -0.25) is 0 Å². The maximum absolute atomic E-state index is 5.41. The second-order valence-electron chi connectivity index (χ2n) is 5.23. The Morgan fingerprint density at radius 3 is 1.25 bits per heavy atom. The van der Waals surface area contributed by atoms with Crippen LogP contribution in [0.25, 0.3) is 0 Å². The third-order valence-electron chi connectivity index (χ3n) is 2.78. The minimum Gasteiger partial charge on any atom is -0.378 e. The highest BCUT2D eigenvalue weighted by molar-refractivity contribution is 4.63. The summed E-state index contributed by atoms with van der Waals surface area (Å²) in [6.45, 7) is 11.5. The van der Waals surface area contributed by atoms with Gasteiger partial charge >= 0.3 is 0 Å². The average Bonchev–Trinajstić information content (AvgIpc) is 2.56. The lowest BCUT2D eigenvalue weighted by Gasteiger charge is -2.10. The van der Waals surface area contributed by atoms with E-state index in [0.29, 0.717) is 72.7 Å². The molecule has 0 aromatic heterocycles. The Bertz CT molecular complexity index is 253. The molecule has 0 N–H and O–H groups in total. The summed E-state index contributed by atoms with van der Waals surface area (Å²) in [6.07, 6.45) is 1.72. The van der Waals surface area contributed by atoms with Crippen LogP contribution < -0.4 is 0 Å². The van der Waals surface area contributed by atoms with Crippen molar-refractivity contribution in [3.63, 3.8) is 0 Å². The van der Waals surface area contributed by atoms with Gasteiger partial charge in [0.1, 0.15) is 0 Å². The van der Waals surface area contributed by atoms with Gasteiger partial charge < -0.3 is 33.3 Å². The molecule has 0 aromatic rings. The van der Waals surface area contributed by atoms with Crippen LogP contribution in [-0.2, 0) is 28.4 Å².